The highest BCUT2D eigenvalue weighted by molar-refractivity contribution is 7.89. The van der Waals surface area contributed by atoms with Crippen LogP contribution >= 0.6 is 0 Å². The van der Waals surface area contributed by atoms with Crippen molar-refractivity contribution >= 4 is 10.0 Å². The van der Waals surface area contributed by atoms with Gasteiger partial charge in [-0.15, -0.1) is 0 Å². The monoisotopic (exact) mass is 214 g/mol. The summed E-state index contributed by atoms with van der Waals surface area (Å²) >= 11 is 0. The zero-order valence-electron chi connectivity index (χ0n) is 7.81. The second kappa shape index (κ2) is 5.09. The Morgan fingerprint density at radius 1 is 1.21 bits per heavy atom. The number of nitrogens with two attached hydrogens (primary N) is 1. The van der Waals surface area contributed by atoms with Crippen LogP contribution in [-0.2, 0) is 16.6 Å². The van der Waals surface area contributed by atoms with Crippen LogP contribution in [0.15, 0.2) is 30.3 Å². The van der Waals surface area contributed by atoms with Gasteiger partial charge in [-0.05, 0) is 5.56 Å². The Kier molecular flexibility index (Phi) is 4.06. The first-order valence-corrected chi connectivity index (χ1v) is 6.04. The molecule has 0 aliphatic carbocycles. The maximum atomic E-state index is 10.6. The topological polar surface area (TPSA) is 72.2 Å². The molecule has 0 fully saturated rings. The quantitative estimate of drug-likeness (QED) is 0.681. The summed E-state index contributed by atoms with van der Waals surface area (Å²) in [5.41, 5.74) is 1.13. The molecule has 1 aromatic carbocycles. The van der Waals surface area contributed by atoms with Crippen LogP contribution in [0.25, 0.3) is 0 Å². The van der Waals surface area contributed by atoms with Crippen LogP contribution in [0.2, 0.25) is 0 Å². The predicted molar refractivity (Wildman–Crippen MR) is 56.1 cm³/mol. The lowest BCUT2D eigenvalue weighted by Crippen LogP contribution is -2.26. The Morgan fingerprint density at radius 3 is 2.43 bits per heavy atom. The number of sulfonamides is 1. The van der Waals surface area contributed by atoms with Crippen molar-refractivity contribution in [1.82, 2.24) is 5.32 Å². The van der Waals surface area contributed by atoms with Crippen LogP contribution in [0.3, 0.4) is 0 Å². The number of rotatable bonds is 5. The van der Waals surface area contributed by atoms with E-state index in [9.17, 15) is 8.42 Å². The minimum Gasteiger partial charge on any atom is -0.312 e. The fraction of sp³-hybridized carbons (Fsp3) is 0.333. The van der Waals surface area contributed by atoms with E-state index in [2.05, 4.69) is 5.32 Å². The highest BCUT2D eigenvalue weighted by atomic mass is 32.2. The summed E-state index contributed by atoms with van der Waals surface area (Å²) in [6.45, 7) is 1.05. The van der Waals surface area contributed by atoms with Gasteiger partial charge < -0.3 is 5.32 Å². The van der Waals surface area contributed by atoms with E-state index < -0.39 is 10.0 Å². The molecule has 0 amide bonds. The Bertz CT molecular complexity index is 362. The van der Waals surface area contributed by atoms with Crippen molar-refractivity contribution in [2.75, 3.05) is 12.3 Å². The molecule has 0 heterocycles. The lowest BCUT2D eigenvalue weighted by atomic mass is 10.2. The smallest absolute Gasteiger partial charge is 0.210 e. The number of hydrogen-bond donors (Lipinski definition) is 2. The van der Waals surface area contributed by atoms with Gasteiger partial charge in [-0.1, -0.05) is 30.3 Å². The fourth-order valence-electron chi connectivity index (χ4n) is 1.04. The van der Waals surface area contributed by atoms with Gasteiger partial charge in [0.1, 0.15) is 0 Å². The molecule has 0 saturated heterocycles. The van der Waals surface area contributed by atoms with Crippen molar-refractivity contribution in [2.24, 2.45) is 5.14 Å². The molecule has 3 N–H and O–H groups in total. The van der Waals surface area contributed by atoms with Crippen LogP contribution in [0, 0.1) is 0 Å². The van der Waals surface area contributed by atoms with E-state index in [0.717, 1.165) is 5.56 Å². The molecule has 14 heavy (non-hydrogen) atoms. The van der Waals surface area contributed by atoms with Gasteiger partial charge in [0.05, 0.1) is 5.75 Å². The van der Waals surface area contributed by atoms with E-state index >= 15 is 0 Å². The molecular formula is C9H14N2O2S. The normalized spacial score (nSPS) is 11.5. The lowest BCUT2D eigenvalue weighted by Gasteiger charge is -2.03. The Hall–Kier alpha value is -0.910. The molecular weight excluding hydrogens is 200 g/mol. The minimum absolute atomic E-state index is 0.0279. The van der Waals surface area contributed by atoms with Crippen LogP contribution in [0.1, 0.15) is 5.56 Å². The number of hydrogen-bond acceptors (Lipinski definition) is 3. The second-order valence-electron chi connectivity index (χ2n) is 3.03. The summed E-state index contributed by atoms with van der Waals surface area (Å²) in [4.78, 5) is 0. The van der Waals surface area contributed by atoms with Crippen molar-refractivity contribution in [3.8, 4) is 0 Å². The summed E-state index contributed by atoms with van der Waals surface area (Å²) in [7, 11) is -3.34. The summed E-state index contributed by atoms with van der Waals surface area (Å²) in [6, 6.07) is 9.77. The van der Waals surface area contributed by atoms with Gasteiger partial charge in [0.25, 0.3) is 0 Å². The van der Waals surface area contributed by atoms with Crippen LogP contribution in [0.5, 0.6) is 0 Å². The van der Waals surface area contributed by atoms with Crippen molar-refractivity contribution < 1.29 is 8.42 Å². The van der Waals surface area contributed by atoms with Crippen LogP contribution in [-0.4, -0.2) is 20.7 Å². The molecule has 0 saturated carbocycles. The highest BCUT2D eigenvalue weighted by Gasteiger charge is 2.00. The van der Waals surface area contributed by atoms with Crippen molar-refractivity contribution in [1.29, 1.82) is 0 Å². The third-order valence-corrected chi connectivity index (χ3v) is 2.51. The second-order valence-corrected chi connectivity index (χ2v) is 4.76. The first-order valence-electron chi connectivity index (χ1n) is 4.33. The fourth-order valence-corrected chi connectivity index (χ4v) is 1.47. The van der Waals surface area contributed by atoms with Gasteiger partial charge >= 0.3 is 0 Å². The van der Waals surface area contributed by atoms with E-state index in [0.29, 0.717) is 13.1 Å². The molecule has 0 bridgehead atoms. The van der Waals surface area contributed by atoms with E-state index in [1.807, 2.05) is 30.3 Å². The van der Waals surface area contributed by atoms with E-state index in [-0.39, 0.29) is 5.75 Å². The maximum absolute atomic E-state index is 10.6. The SMILES string of the molecule is NS(=O)(=O)CCNCc1ccccc1. The molecule has 5 heteroatoms. The van der Waals surface area contributed by atoms with Crippen molar-refractivity contribution in [2.45, 2.75) is 6.54 Å². The molecule has 0 radical (unpaired) electrons. The van der Waals surface area contributed by atoms with Crippen molar-refractivity contribution in [3.63, 3.8) is 0 Å². The van der Waals surface area contributed by atoms with Gasteiger partial charge in [-0.25, -0.2) is 13.6 Å². The highest BCUT2D eigenvalue weighted by Crippen LogP contribution is 1.96. The van der Waals surface area contributed by atoms with Gasteiger partial charge in [-0.2, -0.15) is 0 Å². The predicted octanol–water partition coefficient (Wildman–Crippen LogP) is 0.0647. The molecule has 0 atom stereocenters. The average Bonchev–Trinajstić information content (AvgIpc) is 2.13. The van der Waals surface area contributed by atoms with E-state index in [1.165, 1.54) is 0 Å². The molecule has 0 aromatic heterocycles. The maximum Gasteiger partial charge on any atom is 0.210 e. The third kappa shape index (κ3) is 4.96. The average molecular weight is 214 g/mol. The van der Waals surface area contributed by atoms with Gasteiger partial charge in [0.15, 0.2) is 0 Å². The molecule has 1 aromatic rings. The standard InChI is InChI=1S/C9H14N2O2S/c10-14(12,13)7-6-11-8-9-4-2-1-3-5-9/h1-5,11H,6-8H2,(H2,10,12,13). The Morgan fingerprint density at radius 2 is 1.86 bits per heavy atom. The third-order valence-electron chi connectivity index (χ3n) is 1.74. The molecule has 1 rings (SSSR count). The summed E-state index contributed by atoms with van der Waals surface area (Å²) in [5.74, 6) is -0.0279. The van der Waals surface area contributed by atoms with Crippen LogP contribution < -0.4 is 10.5 Å². The minimum atomic E-state index is -3.34. The number of primary sulfonamides is 1. The number of benzene rings is 1. The van der Waals surface area contributed by atoms with Gasteiger partial charge in [0.2, 0.25) is 10.0 Å². The molecule has 4 nitrogen and oxygen atoms in total. The molecule has 78 valence electrons. The molecule has 0 spiro atoms. The van der Waals surface area contributed by atoms with Gasteiger partial charge in [0, 0.05) is 13.1 Å². The summed E-state index contributed by atoms with van der Waals surface area (Å²) in [6.07, 6.45) is 0. The molecule has 0 unspecified atom stereocenters. The Balaban J connectivity index is 2.23. The Labute approximate surface area is 84.2 Å². The van der Waals surface area contributed by atoms with Crippen molar-refractivity contribution in [3.05, 3.63) is 35.9 Å². The van der Waals surface area contributed by atoms with Gasteiger partial charge in [-0.3, -0.25) is 0 Å². The van der Waals surface area contributed by atoms with E-state index in [4.69, 9.17) is 5.14 Å². The van der Waals surface area contributed by atoms with E-state index in [1.54, 1.807) is 0 Å². The first-order chi connectivity index (χ1) is 6.58. The zero-order chi connectivity index (χ0) is 10.4. The summed E-state index contributed by atoms with van der Waals surface area (Å²) in [5, 5.41) is 7.85. The first kappa shape index (κ1) is 11.2. The zero-order valence-corrected chi connectivity index (χ0v) is 8.63. The largest absolute Gasteiger partial charge is 0.312 e. The molecule has 0 aliphatic heterocycles. The molecule has 0 aliphatic rings. The number of nitrogens with one attached hydrogen (secondary N) is 1. The van der Waals surface area contributed by atoms with Crippen LogP contribution in [0.4, 0.5) is 0 Å². The summed E-state index contributed by atoms with van der Waals surface area (Å²) < 4.78 is 21.2. The lowest BCUT2D eigenvalue weighted by molar-refractivity contribution is 0.592.